The molecule has 0 fully saturated rings. The predicted octanol–water partition coefficient (Wildman–Crippen LogP) is 4.11. The summed E-state index contributed by atoms with van der Waals surface area (Å²) in [6.07, 6.45) is 0. The van der Waals surface area contributed by atoms with Gasteiger partial charge in [-0.3, -0.25) is 0 Å². The lowest BCUT2D eigenvalue weighted by Crippen LogP contribution is -2.00. The molecule has 0 spiro atoms. The van der Waals surface area contributed by atoms with Crippen LogP contribution in [0, 0.1) is 0 Å². The van der Waals surface area contributed by atoms with Crippen molar-refractivity contribution in [1.82, 2.24) is 0 Å². The third-order valence-electron chi connectivity index (χ3n) is 2.98. The molecule has 0 unspecified atom stereocenters. The lowest BCUT2D eigenvalue weighted by atomic mass is 10.1. The maximum absolute atomic E-state index is 6.00. The first kappa shape index (κ1) is 14.7. The maximum Gasteiger partial charge on any atom is 0.139 e. The standard InChI is InChI=1S/C16H18ClNO2/c1-19-11-13-5-3-12(4-6-13)10-18-14-7-8-15(17)16(9-14)20-2/h3-9,18H,10-11H2,1-2H3. The van der Waals surface area contributed by atoms with Gasteiger partial charge in [0.15, 0.2) is 0 Å². The summed E-state index contributed by atoms with van der Waals surface area (Å²) >= 11 is 6.00. The number of hydrogen-bond donors (Lipinski definition) is 1. The number of rotatable bonds is 6. The largest absolute Gasteiger partial charge is 0.495 e. The van der Waals surface area contributed by atoms with Crippen LogP contribution in [0.5, 0.6) is 5.75 Å². The molecule has 0 amide bonds. The summed E-state index contributed by atoms with van der Waals surface area (Å²) in [5.41, 5.74) is 3.36. The van der Waals surface area contributed by atoms with E-state index < -0.39 is 0 Å². The average Bonchev–Trinajstić information content (AvgIpc) is 2.48. The maximum atomic E-state index is 6.00. The van der Waals surface area contributed by atoms with Crippen LogP contribution >= 0.6 is 11.6 Å². The molecule has 0 aromatic heterocycles. The molecule has 106 valence electrons. The molecular formula is C16H18ClNO2. The summed E-state index contributed by atoms with van der Waals surface area (Å²) in [5, 5.41) is 3.96. The van der Waals surface area contributed by atoms with Gasteiger partial charge in [-0.15, -0.1) is 0 Å². The smallest absolute Gasteiger partial charge is 0.139 e. The van der Waals surface area contributed by atoms with Crippen LogP contribution in [0.3, 0.4) is 0 Å². The monoisotopic (exact) mass is 291 g/mol. The van der Waals surface area contributed by atoms with E-state index in [0.29, 0.717) is 17.4 Å². The zero-order valence-corrected chi connectivity index (χ0v) is 12.4. The fraction of sp³-hybridized carbons (Fsp3) is 0.250. The van der Waals surface area contributed by atoms with Gasteiger partial charge in [0, 0.05) is 25.4 Å². The summed E-state index contributed by atoms with van der Waals surface area (Å²) in [4.78, 5) is 0. The molecule has 0 atom stereocenters. The van der Waals surface area contributed by atoms with Crippen LogP contribution < -0.4 is 10.1 Å². The molecule has 0 aliphatic heterocycles. The molecule has 0 saturated heterocycles. The highest BCUT2D eigenvalue weighted by molar-refractivity contribution is 6.32. The molecule has 0 aliphatic carbocycles. The molecule has 3 nitrogen and oxygen atoms in total. The molecule has 2 aromatic rings. The van der Waals surface area contributed by atoms with Crippen LogP contribution in [0.2, 0.25) is 5.02 Å². The lowest BCUT2D eigenvalue weighted by Gasteiger charge is -2.10. The van der Waals surface area contributed by atoms with Gasteiger partial charge < -0.3 is 14.8 Å². The molecule has 20 heavy (non-hydrogen) atoms. The molecule has 0 heterocycles. The number of nitrogens with one attached hydrogen (secondary N) is 1. The second-order valence-corrected chi connectivity index (χ2v) is 4.86. The highest BCUT2D eigenvalue weighted by atomic mass is 35.5. The molecule has 1 N–H and O–H groups in total. The second-order valence-electron chi connectivity index (χ2n) is 4.45. The second kappa shape index (κ2) is 7.17. The number of ether oxygens (including phenoxy) is 2. The SMILES string of the molecule is COCc1ccc(CNc2ccc(Cl)c(OC)c2)cc1. The highest BCUT2D eigenvalue weighted by Crippen LogP contribution is 2.27. The van der Waals surface area contributed by atoms with Crippen molar-refractivity contribution in [3.8, 4) is 5.75 Å². The first-order valence-corrected chi connectivity index (χ1v) is 6.75. The molecular weight excluding hydrogens is 274 g/mol. The normalized spacial score (nSPS) is 10.3. The molecule has 4 heteroatoms. The van der Waals surface area contributed by atoms with Gasteiger partial charge in [-0.1, -0.05) is 35.9 Å². The van der Waals surface area contributed by atoms with E-state index in [-0.39, 0.29) is 0 Å². The van der Waals surface area contributed by atoms with Gasteiger partial charge in [-0.2, -0.15) is 0 Å². The minimum atomic E-state index is 0.613. The zero-order chi connectivity index (χ0) is 14.4. The number of anilines is 1. The first-order valence-electron chi connectivity index (χ1n) is 6.37. The van der Waals surface area contributed by atoms with Gasteiger partial charge in [-0.05, 0) is 23.3 Å². The van der Waals surface area contributed by atoms with Crippen LogP contribution in [-0.2, 0) is 17.9 Å². The van der Waals surface area contributed by atoms with Crippen LogP contribution in [0.25, 0.3) is 0 Å². The van der Waals surface area contributed by atoms with Crippen LogP contribution in [0.1, 0.15) is 11.1 Å². The van der Waals surface area contributed by atoms with E-state index in [2.05, 4.69) is 29.6 Å². The fourth-order valence-corrected chi connectivity index (χ4v) is 2.09. The van der Waals surface area contributed by atoms with E-state index in [1.54, 1.807) is 14.2 Å². The molecule has 0 aliphatic rings. The van der Waals surface area contributed by atoms with E-state index in [4.69, 9.17) is 21.1 Å². The van der Waals surface area contributed by atoms with Gasteiger partial charge in [-0.25, -0.2) is 0 Å². The molecule has 0 saturated carbocycles. The van der Waals surface area contributed by atoms with Crippen molar-refractivity contribution in [2.24, 2.45) is 0 Å². The third kappa shape index (κ3) is 3.89. The molecule has 0 bridgehead atoms. The Kier molecular flexibility index (Phi) is 5.27. The van der Waals surface area contributed by atoms with Gasteiger partial charge >= 0.3 is 0 Å². The summed E-state index contributed by atoms with van der Waals surface area (Å²) < 4.78 is 10.3. The summed E-state index contributed by atoms with van der Waals surface area (Å²) in [6.45, 7) is 1.39. The van der Waals surface area contributed by atoms with Crippen LogP contribution in [0.15, 0.2) is 42.5 Å². The fourth-order valence-electron chi connectivity index (χ4n) is 1.89. The Morgan fingerprint density at radius 2 is 1.70 bits per heavy atom. The number of hydrogen-bond acceptors (Lipinski definition) is 3. The Labute approximate surface area is 124 Å². The summed E-state index contributed by atoms with van der Waals surface area (Å²) in [5.74, 6) is 0.673. The van der Waals surface area contributed by atoms with E-state index in [1.807, 2.05) is 18.2 Å². The summed E-state index contributed by atoms with van der Waals surface area (Å²) in [7, 11) is 3.31. The average molecular weight is 292 g/mol. The van der Waals surface area contributed by atoms with Crippen molar-refractivity contribution in [3.63, 3.8) is 0 Å². The van der Waals surface area contributed by atoms with Crippen molar-refractivity contribution in [1.29, 1.82) is 0 Å². The number of benzene rings is 2. The first-order chi connectivity index (χ1) is 9.72. The lowest BCUT2D eigenvalue weighted by molar-refractivity contribution is 0.185. The third-order valence-corrected chi connectivity index (χ3v) is 3.29. The number of methoxy groups -OCH3 is 2. The summed E-state index contributed by atoms with van der Waals surface area (Å²) in [6, 6.07) is 14.0. The van der Waals surface area contributed by atoms with E-state index >= 15 is 0 Å². The van der Waals surface area contributed by atoms with Gasteiger partial charge in [0.05, 0.1) is 18.7 Å². The Morgan fingerprint density at radius 1 is 1.00 bits per heavy atom. The van der Waals surface area contributed by atoms with E-state index in [0.717, 1.165) is 12.2 Å². The Balaban J connectivity index is 1.97. The van der Waals surface area contributed by atoms with E-state index in [1.165, 1.54) is 11.1 Å². The van der Waals surface area contributed by atoms with Crippen molar-refractivity contribution >= 4 is 17.3 Å². The highest BCUT2D eigenvalue weighted by Gasteiger charge is 2.02. The van der Waals surface area contributed by atoms with Crippen LogP contribution in [-0.4, -0.2) is 14.2 Å². The Hall–Kier alpha value is -1.71. The van der Waals surface area contributed by atoms with Gasteiger partial charge in [0.1, 0.15) is 5.75 Å². The Morgan fingerprint density at radius 3 is 2.35 bits per heavy atom. The quantitative estimate of drug-likeness (QED) is 0.869. The van der Waals surface area contributed by atoms with Crippen molar-refractivity contribution in [2.75, 3.05) is 19.5 Å². The topological polar surface area (TPSA) is 30.5 Å². The predicted molar refractivity (Wildman–Crippen MR) is 82.5 cm³/mol. The minimum Gasteiger partial charge on any atom is -0.495 e. The van der Waals surface area contributed by atoms with Crippen molar-refractivity contribution < 1.29 is 9.47 Å². The Bertz CT molecular complexity index is 555. The van der Waals surface area contributed by atoms with E-state index in [9.17, 15) is 0 Å². The minimum absolute atomic E-state index is 0.613. The van der Waals surface area contributed by atoms with Gasteiger partial charge in [0.25, 0.3) is 0 Å². The van der Waals surface area contributed by atoms with Gasteiger partial charge in [0.2, 0.25) is 0 Å². The molecule has 2 rings (SSSR count). The number of halogens is 1. The van der Waals surface area contributed by atoms with Crippen molar-refractivity contribution in [2.45, 2.75) is 13.2 Å². The van der Waals surface area contributed by atoms with Crippen molar-refractivity contribution in [3.05, 3.63) is 58.6 Å². The van der Waals surface area contributed by atoms with Crippen LogP contribution in [0.4, 0.5) is 5.69 Å². The zero-order valence-electron chi connectivity index (χ0n) is 11.7. The molecule has 0 radical (unpaired) electrons. The molecule has 2 aromatic carbocycles.